The number of carboxylic acid groups (broad SMARTS) is 1. The molecule has 0 bridgehead atoms. The zero-order valence-corrected chi connectivity index (χ0v) is 12.3. The van der Waals surface area contributed by atoms with Crippen LogP contribution < -0.4 is 4.74 Å². The van der Waals surface area contributed by atoms with E-state index in [2.05, 4.69) is 13.2 Å². The number of para-hydroxylation sites is 1. The van der Waals surface area contributed by atoms with Crippen molar-refractivity contribution in [2.24, 2.45) is 0 Å². The van der Waals surface area contributed by atoms with Gasteiger partial charge in [-0.3, -0.25) is 0 Å². The molecule has 5 nitrogen and oxygen atoms in total. The summed E-state index contributed by atoms with van der Waals surface area (Å²) in [6.45, 7) is 10.3. The molecule has 0 aromatic heterocycles. The molecule has 1 aromatic rings. The first kappa shape index (κ1) is 18.4. The van der Waals surface area contributed by atoms with E-state index in [0.29, 0.717) is 12.2 Å². The maximum atomic E-state index is 11.0. The van der Waals surface area contributed by atoms with Gasteiger partial charge in [0, 0.05) is 11.1 Å². The van der Waals surface area contributed by atoms with Crippen LogP contribution >= 0.6 is 0 Å². The van der Waals surface area contributed by atoms with Gasteiger partial charge in [-0.25, -0.2) is 9.59 Å². The van der Waals surface area contributed by atoms with Crippen molar-refractivity contribution in [3.05, 3.63) is 54.6 Å². The molecule has 0 aliphatic rings. The molecule has 0 radical (unpaired) electrons. The monoisotopic (exact) mass is 292 g/mol. The quantitative estimate of drug-likeness (QED) is 0.496. The lowest BCUT2D eigenvalue weighted by molar-refractivity contribution is -0.139. The molecule has 0 spiro atoms. The molecule has 21 heavy (non-hydrogen) atoms. The van der Waals surface area contributed by atoms with Crippen molar-refractivity contribution in [2.45, 2.75) is 13.8 Å². The third kappa shape index (κ3) is 9.95. The van der Waals surface area contributed by atoms with E-state index in [-0.39, 0.29) is 18.1 Å². The van der Waals surface area contributed by atoms with Crippen LogP contribution in [0.1, 0.15) is 13.8 Å². The second kappa shape index (κ2) is 10.3. The van der Waals surface area contributed by atoms with Crippen LogP contribution in [0, 0.1) is 0 Å². The number of ether oxygens (including phenoxy) is 2. The van der Waals surface area contributed by atoms with Crippen LogP contribution in [-0.4, -0.2) is 30.3 Å². The van der Waals surface area contributed by atoms with E-state index in [9.17, 15) is 9.59 Å². The number of benzene rings is 1. The van der Waals surface area contributed by atoms with Crippen LogP contribution in [0.2, 0.25) is 0 Å². The third-order valence-corrected chi connectivity index (χ3v) is 2.04. The Morgan fingerprint density at radius 3 is 2.00 bits per heavy atom. The SMILES string of the molecule is C=C(C)C(=O)O.C=C(C)C(=O)OCCOc1ccccc1. The summed E-state index contributed by atoms with van der Waals surface area (Å²) in [5.74, 6) is -0.550. The van der Waals surface area contributed by atoms with Crippen molar-refractivity contribution in [1.29, 1.82) is 0 Å². The summed E-state index contributed by atoms with van der Waals surface area (Å²) < 4.78 is 10.2. The van der Waals surface area contributed by atoms with E-state index in [4.69, 9.17) is 14.6 Å². The first-order chi connectivity index (χ1) is 9.84. The highest BCUT2D eigenvalue weighted by atomic mass is 16.6. The Kier molecular flexibility index (Phi) is 9.00. The predicted molar refractivity (Wildman–Crippen MR) is 80.2 cm³/mol. The first-order valence-corrected chi connectivity index (χ1v) is 6.24. The maximum absolute atomic E-state index is 11.0. The molecule has 0 saturated heterocycles. The lowest BCUT2D eigenvalue weighted by Gasteiger charge is -2.06. The maximum Gasteiger partial charge on any atom is 0.333 e. The van der Waals surface area contributed by atoms with Crippen LogP contribution in [0.15, 0.2) is 54.6 Å². The molecule has 0 aliphatic heterocycles. The van der Waals surface area contributed by atoms with Gasteiger partial charge in [-0.15, -0.1) is 0 Å². The first-order valence-electron chi connectivity index (χ1n) is 6.24. The molecule has 0 unspecified atom stereocenters. The zero-order valence-electron chi connectivity index (χ0n) is 12.3. The average molecular weight is 292 g/mol. The van der Waals surface area contributed by atoms with Gasteiger partial charge in [0.05, 0.1) is 0 Å². The molecule has 5 heteroatoms. The topological polar surface area (TPSA) is 72.8 Å². The molecule has 0 amide bonds. The van der Waals surface area contributed by atoms with Gasteiger partial charge < -0.3 is 14.6 Å². The Morgan fingerprint density at radius 2 is 1.57 bits per heavy atom. The summed E-state index contributed by atoms with van der Waals surface area (Å²) >= 11 is 0. The summed E-state index contributed by atoms with van der Waals surface area (Å²) in [6.07, 6.45) is 0. The molecule has 114 valence electrons. The number of rotatable bonds is 6. The van der Waals surface area contributed by atoms with Crippen molar-refractivity contribution in [3.63, 3.8) is 0 Å². The van der Waals surface area contributed by atoms with Crippen molar-refractivity contribution in [3.8, 4) is 5.75 Å². The Hall–Kier alpha value is -2.56. The van der Waals surface area contributed by atoms with Gasteiger partial charge in [0.25, 0.3) is 0 Å². The van der Waals surface area contributed by atoms with E-state index in [1.807, 2.05) is 30.3 Å². The van der Waals surface area contributed by atoms with Crippen LogP contribution in [0.25, 0.3) is 0 Å². The van der Waals surface area contributed by atoms with Gasteiger partial charge in [-0.05, 0) is 26.0 Å². The Balaban J connectivity index is 0.000000567. The number of esters is 1. The number of carboxylic acids is 1. The van der Waals surface area contributed by atoms with Crippen LogP contribution in [0.4, 0.5) is 0 Å². The lowest BCUT2D eigenvalue weighted by Crippen LogP contribution is -2.12. The van der Waals surface area contributed by atoms with Crippen molar-refractivity contribution in [1.82, 2.24) is 0 Å². The second-order valence-electron chi connectivity index (χ2n) is 4.16. The lowest BCUT2D eigenvalue weighted by atomic mass is 10.3. The fraction of sp³-hybridized carbons (Fsp3) is 0.250. The van der Waals surface area contributed by atoms with Gasteiger partial charge in [0.15, 0.2) is 0 Å². The van der Waals surface area contributed by atoms with Crippen LogP contribution in [-0.2, 0) is 14.3 Å². The molecule has 0 heterocycles. The molecule has 0 aliphatic carbocycles. The second-order valence-corrected chi connectivity index (χ2v) is 4.16. The number of carbonyl (C=O) groups excluding carboxylic acids is 1. The Morgan fingerprint density at radius 1 is 1.05 bits per heavy atom. The Labute approximate surface area is 124 Å². The van der Waals surface area contributed by atoms with E-state index >= 15 is 0 Å². The molecule has 0 fully saturated rings. The normalized spacial score (nSPS) is 8.86. The molecule has 1 rings (SSSR count). The fourth-order valence-electron chi connectivity index (χ4n) is 0.934. The summed E-state index contributed by atoms with van der Waals surface area (Å²) in [5, 5.41) is 7.89. The van der Waals surface area contributed by atoms with Gasteiger partial charge in [-0.1, -0.05) is 31.4 Å². The summed E-state index contributed by atoms with van der Waals surface area (Å²) in [5.41, 5.74) is 0.574. The number of hydrogen-bond donors (Lipinski definition) is 1. The van der Waals surface area contributed by atoms with Crippen molar-refractivity contribution < 1.29 is 24.2 Å². The largest absolute Gasteiger partial charge is 0.490 e. The number of aliphatic carboxylic acids is 1. The van der Waals surface area contributed by atoms with Gasteiger partial charge in [-0.2, -0.15) is 0 Å². The number of hydrogen-bond acceptors (Lipinski definition) is 4. The zero-order chi connectivity index (χ0) is 16.3. The predicted octanol–water partition coefficient (Wildman–Crippen LogP) is 2.83. The van der Waals surface area contributed by atoms with Crippen molar-refractivity contribution >= 4 is 11.9 Å². The van der Waals surface area contributed by atoms with Crippen LogP contribution in [0.5, 0.6) is 5.75 Å². The summed E-state index contributed by atoms with van der Waals surface area (Å²) in [4.78, 5) is 20.6. The summed E-state index contributed by atoms with van der Waals surface area (Å²) in [7, 11) is 0. The molecule has 1 N–H and O–H groups in total. The average Bonchev–Trinajstić information content (AvgIpc) is 2.45. The molecule has 0 saturated carbocycles. The minimum atomic E-state index is -0.935. The molecular weight excluding hydrogens is 272 g/mol. The van der Waals surface area contributed by atoms with Gasteiger partial charge >= 0.3 is 11.9 Å². The third-order valence-electron chi connectivity index (χ3n) is 2.04. The van der Waals surface area contributed by atoms with Crippen molar-refractivity contribution in [2.75, 3.05) is 13.2 Å². The highest BCUT2D eigenvalue weighted by molar-refractivity contribution is 5.86. The minimum Gasteiger partial charge on any atom is -0.490 e. The van der Waals surface area contributed by atoms with E-state index in [1.165, 1.54) is 6.92 Å². The van der Waals surface area contributed by atoms with E-state index in [1.54, 1.807) is 6.92 Å². The van der Waals surface area contributed by atoms with Crippen LogP contribution in [0.3, 0.4) is 0 Å². The standard InChI is InChI=1S/C12H14O3.C4H6O2/c1-10(2)12(13)15-9-8-14-11-6-4-3-5-7-11;1-3(2)4(5)6/h3-7H,1,8-9H2,2H3;1H2,2H3,(H,5,6). The summed E-state index contributed by atoms with van der Waals surface area (Å²) in [6, 6.07) is 9.37. The van der Waals surface area contributed by atoms with Gasteiger partial charge in [0.2, 0.25) is 0 Å². The number of carbonyl (C=O) groups is 2. The Bertz CT molecular complexity index is 479. The molecule has 1 aromatic carbocycles. The molecular formula is C16H20O5. The van der Waals surface area contributed by atoms with E-state index in [0.717, 1.165) is 5.75 Å². The fourth-order valence-corrected chi connectivity index (χ4v) is 0.934. The molecule has 0 atom stereocenters. The minimum absolute atomic E-state index is 0.176. The van der Waals surface area contributed by atoms with Gasteiger partial charge in [0.1, 0.15) is 19.0 Å². The highest BCUT2D eigenvalue weighted by Crippen LogP contribution is 2.07. The highest BCUT2D eigenvalue weighted by Gasteiger charge is 2.01. The van der Waals surface area contributed by atoms with E-state index < -0.39 is 5.97 Å². The smallest absolute Gasteiger partial charge is 0.333 e.